The zero-order valence-electron chi connectivity index (χ0n) is 10.5. The first-order chi connectivity index (χ1) is 9.81. The number of carbonyl (C=O) groups is 3. The number of hydrazine groups is 1. The molecule has 1 aromatic rings. The molecule has 0 aliphatic heterocycles. The summed E-state index contributed by atoms with van der Waals surface area (Å²) < 4.78 is 0. The van der Waals surface area contributed by atoms with Crippen LogP contribution >= 0.6 is 11.6 Å². The number of halogens is 1. The Labute approximate surface area is 123 Å². The molecule has 1 aromatic carbocycles. The summed E-state index contributed by atoms with van der Waals surface area (Å²) in [5, 5.41) is 18.9. The first kappa shape index (κ1) is 16.4. The summed E-state index contributed by atoms with van der Waals surface area (Å²) in [4.78, 5) is 43.0. The molecule has 2 amide bonds. The second kappa shape index (κ2) is 7.20. The molecule has 9 nitrogen and oxygen atoms in total. The van der Waals surface area contributed by atoms with Gasteiger partial charge in [0, 0.05) is 18.1 Å². The van der Waals surface area contributed by atoms with E-state index < -0.39 is 28.4 Å². The van der Waals surface area contributed by atoms with Crippen LogP contribution in [0.15, 0.2) is 18.2 Å². The highest BCUT2D eigenvalue weighted by Crippen LogP contribution is 2.24. The fourth-order valence-electron chi connectivity index (χ4n) is 1.28. The van der Waals surface area contributed by atoms with Crippen molar-refractivity contribution in [2.24, 2.45) is 0 Å². The Morgan fingerprint density at radius 3 is 2.48 bits per heavy atom. The summed E-state index contributed by atoms with van der Waals surface area (Å²) in [5.41, 5.74) is 3.48. The maximum Gasteiger partial charge on any atom is 0.303 e. The van der Waals surface area contributed by atoms with Crippen LogP contribution in [0, 0.1) is 10.1 Å². The predicted octanol–water partition coefficient (Wildman–Crippen LogP) is 0.874. The summed E-state index contributed by atoms with van der Waals surface area (Å²) in [6.45, 7) is 0. The number of nitro groups is 1. The predicted molar refractivity (Wildman–Crippen MR) is 70.6 cm³/mol. The standard InChI is InChI=1S/C11H10ClN3O6/c12-7-2-1-6(5-8(7)15(20)21)11(19)14-13-9(16)3-4-10(17)18/h1-2,5H,3-4H2,(H,13,16)(H,14,19)(H,17,18). The first-order valence-electron chi connectivity index (χ1n) is 5.56. The molecule has 0 bridgehead atoms. The van der Waals surface area contributed by atoms with E-state index in [0.717, 1.165) is 6.07 Å². The second-order valence-corrected chi connectivity index (χ2v) is 4.23. The average molecular weight is 316 g/mol. The number of benzene rings is 1. The lowest BCUT2D eigenvalue weighted by atomic mass is 10.2. The summed E-state index contributed by atoms with van der Waals surface area (Å²) in [6, 6.07) is 3.38. The van der Waals surface area contributed by atoms with Crippen LogP contribution in [0.5, 0.6) is 0 Å². The Morgan fingerprint density at radius 2 is 1.90 bits per heavy atom. The summed E-state index contributed by atoms with van der Waals surface area (Å²) in [6.07, 6.45) is -0.690. The van der Waals surface area contributed by atoms with Gasteiger partial charge in [-0.3, -0.25) is 35.3 Å². The number of nitrogens with zero attached hydrogens (tertiary/aromatic N) is 1. The molecule has 0 atom stereocenters. The normalized spacial score (nSPS) is 9.76. The molecule has 21 heavy (non-hydrogen) atoms. The van der Waals surface area contributed by atoms with E-state index in [1.807, 2.05) is 10.9 Å². The molecule has 3 N–H and O–H groups in total. The Balaban J connectivity index is 2.64. The summed E-state index contributed by atoms with van der Waals surface area (Å²) in [7, 11) is 0. The molecule has 112 valence electrons. The molecule has 0 fully saturated rings. The van der Waals surface area contributed by atoms with Crippen LogP contribution < -0.4 is 10.9 Å². The monoisotopic (exact) mass is 315 g/mol. The van der Waals surface area contributed by atoms with Crippen molar-refractivity contribution in [1.82, 2.24) is 10.9 Å². The Kier molecular flexibility index (Phi) is 5.61. The van der Waals surface area contributed by atoms with Crippen LogP contribution in [-0.2, 0) is 9.59 Å². The zero-order valence-corrected chi connectivity index (χ0v) is 11.2. The van der Waals surface area contributed by atoms with E-state index in [4.69, 9.17) is 16.7 Å². The average Bonchev–Trinajstić information content (AvgIpc) is 2.42. The van der Waals surface area contributed by atoms with Crippen molar-refractivity contribution in [1.29, 1.82) is 0 Å². The number of rotatable bonds is 5. The Morgan fingerprint density at radius 1 is 1.24 bits per heavy atom. The van der Waals surface area contributed by atoms with E-state index in [-0.39, 0.29) is 23.4 Å². The van der Waals surface area contributed by atoms with E-state index in [0.29, 0.717) is 0 Å². The first-order valence-corrected chi connectivity index (χ1v) is 5.94. The number of amides is 2. The van der Waals surface area contributed by atoms with Crippen molar-refractivity contribution < 1.29 is 24.4 Å². The SMILES string of the molecule is O=C(O)CCC(=O)NNC(=O)c1ccc(Cl)c([N+](=O)[O-])c1. The van der Waals surface area contributed by atoms with Crippen molar-refractivity contribution in [2.45, 2.75) is 12.8 Å². The molecule has 0 spiro atoms. The van der Waals surface area contributed by atoms with Gasteiger partial charge in [0.15, 0.2) is 0 Å². The highest BCUT2D eigenvalue weighted by atomic mass is 35.5. The highest BCUT2D eigenvalue weighted by Gasteiger charge is 2.16. The minimum atomic E-state index is -1.15. The summed E-state index contributed by atoms with van der Waals surface area (Å²) in [5.74, 6) is -2.64. The van der Waals surface area contributed by atoms with Gasteiger partial charge in [-0.15, -0.1) is 0 Å². The molecule has 0 heterocycles. The molecular formula is C11H10ClN3O6. The third-order valence-electron chi connectivity index (χ3n) is 2.29. The van der Waals surface area contributed by atoms with Gasteiger partial charge >= 0.3 is 5.97 Å². The van der Waals surface area contributed by atoms with E-state index in [1.165, 1.54) is 12.1 Å². The van der Waals surface area contributed by atoms with E-state index in [9.17, 15) is 24.5 Å². The second-order valence-electron chi connectivity index (χ2n) is 3.82. The van der Waals surface area contributed by atoms with Crippen LogP contribution in [0.1, 0.15) is 23.2 Å². The third kappa shape index (κ3) is 5.07. The van der Waals surface area contributed by atoms with Gasteiger partial charge in [-0.25, -0.2) is 0 Å². The smallest absolute Gasteiger partial charge is 0.303 e. The van der Waals surface area contributed by atoms with Gasteiger partial charge in [-0.1, -0.05) is 11.6 Å². The van der Waals surface area contributed by atoms with Crippen molar-refractivity contribution in [3.8, 4) is 0 Å². The quantitative estimate of drug-likeness (QED) is 0.544. The Hall–Kier alpha value is -2.68. The van der Waals surface area contributed by atoms with Crippen LogP contribution in [0.2, 0.25) is 5.02 Å². The largest absolute Gasteiger partial charge is 0.481 e. The number of carboxylic acid groups (broad SMARTS) is 1. The fraction of sp³-hybridized carbons (Fsp3) is 0.182. The van der Waals surface area contributed by atoms with Crippen LogP contribution in [0.25, 0.3) is 0 Å². The molecular weight excluding hydrogens is 306 g/mol. The number of hydrogen-bond acceptors (Lipinski definition) is 5. The molecule has 0 aromatic heterocycles. The third-order valence-corrected chi connectivity index (χ3v) is 2.61. The number of carboxylic acids is 1. The van der Waals surface area contributed by atoms with Crippen LogP contribution in [0.3, 0.4) is 0 Å². The van der Waals surface area contributed by atoms with E-state index in [2.05, 4.69) is 0 Å². The van der Waals surface area contributed by atoms with E-state index >= 15 is 0 Å². The van der Waals surface area contributed by atoms with Gasteiger partial charge < -0.3 is 5.11 Å². The number of nitrogens with one attached hydrogen (secondary N) is 2. The van der Waals surface area contributed by atoms with Gasteiger partial charge in [-0.05, 0) is 12.1 Å². The number of hydrogen-bond donors (Lipinski definition) is 3. The maximum atomic E-state index is 11.7. The van der Waals surface area contributed by atoms with Crippen molar-refractivity contribution >= 4 is 35.1 Å². The lowest BCUT2D eigenvalue weighted by molar-refractivity contribution is -0.384. The number of aliphatic carboxylic acids is 1. The van der Waals surface area contributed by atoms with Crippen molar-refractivity contribution in [3.05, 3.63) is 38.9 Å². The highest BCUT2D eigenvalue weighted by molar-refractivity contribution is 6.32. The minimum absolute atomic E-state index is 0.0790. The zero-order chi connectivity index (χ0) is 16.0. The summed E-state index contributed by atoms with van der Waals surface area (Å²) >= 11 is 5.60. The van der Waals surface area contributed by atoms with Gasteiger partial charge in [0.2, 0.25) is 5.91 Å². The van der Waals surface area contributed by atoms with Gasteiger partial charge in [0.05, 0.1) is 11.3 Å². The van der Waals surface area contributed by atoms with Gasteiger partial charge in [0.25, 0.3) is 11.6 Å². The van der Waals surface area contributed by atoms with Gasteiger partial charge in [-0.2, -0.15) is 0 Å². The lowest BCUT2D eigenvalue weighted by Crippen LogP contribution is -2.41. The molecule has 0 saturated carbocycles. The lowest BCUT2D eigenvalue weighted by Gasteiger charge is -2.07. The van der Waals surface area contributed by atoms with Crippen molar-refractivity contribution in [2.75, 3.05) is 0 Å². The number of carbonyl (C=O) groups excluding carboxylic acids is 2. The van der Waals surface area contributed by atoms with Gasteiger partial charge in [0.1, 0.15) is 5.02 Å². The maximum absolute atomic E-state index is 11.7. The van der Waals surface area contributed by atoms with Crippen LogP contribution in [0.4, 0.5) is 5.69 Å². The molecule has 0 aliphatic carbocycles. The molecule has 10 heteroatoms. The molecule has 0 aliphatic rings. The minimum Gasteiger partial charge on any atom is -0.481 e. The topological polar surface area (TPSA) is 139 Å². The molecule has 0 saturated heterocycles. The Bertz CT molecular complexity index is 604. The molecule has 0 radical (unpaired) electrons. The number of nitro benzene ring substituents is 1. The molecule has 1 rings (SSSR count). The fourth-order valence-corrected chi connectivity index (χ4v) is 1.46. The molecule has 0 unspecified atom stereocenters. The van der Waals surface area contributed by atoms with E-state index in [1.54, 1.807) is 0 Å². The van der Waals surface area contributed by atoms with Crippen molar-refractivity contribution in [3.63, 3.8) is 0 Å². The van der Waals surface area contributed by atoms with Crippen LogP contribution in [-0.4, -0.2) is 27.8 Å².